The Bertz CT molecular complexity index is 635. The molecule has 3 heterocycles. The molecule has 0 fully saturated rings. The summed E-state index contributed by atoms with van der Waals surface area (Å²) in [4.78, 5) is 18.7. The van der Waals surface area contributed by atoms with E-state index in [1.807, 2.05) is 40.9 Å². The van der Waals surface area contributed by atoms with Gasteiger partial charge in [0.15, 0.2) is 0 Å². The fraction of sp³-hybridized carbons (Fsp3) is 0.286. The zero-order valence-electron chi connectivity index (χ0n) is 10.6. The fourth-order valence-electron chi connectivity index (χ4n) is 2.43. The van der Waals surface area contributed by atoms with Crippen LogP contribution in [0.2, 0.25) is 0 Å². The van der Waals surface area contributed by atoms with Crippen LogP contribution < -0.4 is 0 Å². The average molecular weight is 320 g/mol. The van der Waals surface area contributed by atoms with Crippen molar-refractivity contribution in [1.82, 2.24) is 14.5 Å². The van der Waals surface area contributed by atoms with E-state index in [4.69, 9.17) is 0 Å². The number of pyridine rings is 1. The summed E-state index contributed by atoms with van der Waals surface area (Å²) in [6, 6.07) is 5.69. The fourth-order valence-corrected chi connectivity index (χ4v) is 2.98. The number of fused-ring (bicyclic) bond motifs is 1. The van der Waals surface area contributed by atoms with Crippen molar-refractivity contribution in [3.05, 3.63) is 52.0 Å². The number of aryl methyl sites for hydroxylation is 1. The lowest BCUT2D eigenvalue weighted by Crippen LogP contribution is -2.37. The molecule has 0 spiro atoms. The second kappa shape index (κ2) is 4.81. The van der Waals surface area contributed by atoms with Crippen LogP contribution in [0.3, 0.4) is 0 Å². The Hall–Kier alpha value is -1.62. The summed E-state index contributed by atoms with van der Waals surface area (Å²) in [7, 11) is 1.89. The quantitative estimate of drug-likeness (QED) is 0.809. The van der Waals surface area contributed by atoms with Gasteiger partial charge in [0, 0.05) is 30.5 Å². The number of amides is 1. The van der Waals surface area contributed by atoms with Crippen molar-refractivity contribution >= 4 is 21.8 Å². The average Bonchev–Trinajstić information content (AvgIpc) is 2.84. The summed E-state index contributed by atoms with van der Waals surface area (Å²) >= 11 is 3.54. The van der Waals surface area contributed by atoms with E-state index in [-0.39, 0.29) is 5.91 Å². The normalized spacial score (nSPS) is 14.3. The monoisotopic (exact) mass is 319 g/mol. The minimum atomic E-state index is 0.0694. The molecule has 0 aliphatic carbocycles. The molecule has 4 nitrogen and oxygen atoms in total. The van der Waals surface area contributed by atoms with Crippen LogP contribution in [0.15, 0.2) is 35.1 Å². The van der Waals surface area contributed by atoms with E-state index < -0.39 is 0 Å². The van der Waals surface area contributed by atoms with Crippen LogP contribution in [0.25, 0.3) is 0 Å². The van der Waals surface area contributed by atoms with Crippen molar-refractivity contribution in [2.75, 3.05) is 6.54 Å². The van der Waals surface area contributed by atoms with Crippen LogP contribution in [-0.2, 0) is 20.0 Å². The van der Waals surface area contributed by atoms with E-state index in [9.17, 15) is 4.79 Å². The molecule has 1 aliphatic heterocycles. The first kappa shape index (κ1) is 12.4. The molecule has 0 bridgehead atoms. The molecule has 0 unspecified atom stereocenters. The molecule has 19 heavy (non-hydrogen) atoms. The third-order valence-electron chi connectivity index (χ3n) is 3.51. The highest BCUT2D eigenvalue weighted by atomic mass is 79.9. The maximum atomic E-state index is 12.4. The highest BCUT2D eigenvalue weighted by Gasteiger charge is 2.24. The number of nitrogens with zero attached hydrogens (tertiary/aromatic N) is 3. The maximum Gasteiger partial charge on any atom is 0.270 e. The Labute approximate surface area is 120 Å². The van der Waals surface area contributed by atoms with Gasteiger partial charge < -0.3 is 9.47 Å². The lowest BCUT2D eigenvalue weighted by molar-refractivity contribution is 0.0722. The second-order valence-corrected chi connectivity index (χ2v) is 5.55. The molecule has 0 aromatic carbocycles. The molecule has 2 aromatic heterocycles. The van der Waals surface area contributed by atoms with Gasteiger partial charge in [0.25, 0.3) is 5.91 Å². The van der Waals surface area contributed by atoms with Gasteiger partial charge in [-0.2, -0.15) is 0 Å². The molecule has 0 atom stereocenters. The summed E-state index contributed by atoms with van der Waals surface area (Å²) in [6.07, 6.45) is 4.51. The van der Waals surface area contributed by atoms with Crippen LogP contribution in [-0.4, -0.2) is 26.9 Å². The van der Waals surface area contributed by atoms with E-state index in [1.54, 1.807) is 6.20 Å². The third kappa shape index (κ3) is 2.18. The van der Waals surface area contributed by atoms with Gasteiger partial charge in [-0.15, -0.1) is 0 Å². The van der Waals surface area contributed by atoms with E-state index >= 15 is 0 Å². The zero-order chi connectivity index (χ0) is 13.4. The largest absolute Gasteiger partial charge is 0.347 e. The topological polar surface area (TPSA) is 38.1 Å². The first-order chi connectivity index (χ1) is 9.16. The number of carbonyl (C=O) groups is 1. The molecule has 1 amide bonds. The van der Waals surface area contributed by atoms with Gasteiger partial charge in [0.2, 0.25) is 0 Å². The Kier molecular flexibility index (Phi) is 3.14. The minimum absolute atomic E-state index is 0.0694. The van der Waals surface area contributed by atoms with E-state index in [1.165, 1.54) is 5.56 Å². The molecule has 1 aliphatic rings. The lowest BCUT2D eigenvalue weighted by atomic mass is 10.1. The van der Waals surface area contributed by atoms with E-state index in [0.29, 0.717) is 6.54 Å². The summed E-state index contributed by atoms with van der Waals surface area (Å²) in [6.45, 7) is 1.32. The molecule has 2 aromatic rings. The lowest BCUT2D eigenvalue weighted by Gasteiger charge is -2.28. The van der Waals surface area contributed by atoms with Crippen LogP contribution in [0.4, 0.5) is 0 Å². The number of hydrogen-bond acceptors (Lipinski definition) is 2. The van der Waals surface area contributed by atoms with Crippen molar-refractivity contribution in [3.63, 3.8) is 0 Å². The molecule has 0 saturated carbocycles. The SMILES string of the molecule is Cn1cccc1C(=O)N1CCc2c(Br)ccnc2C1. The number of halogens is 1. The molecule has 0 saturated heterocycles. The molecule has 0 radical (unpaired) electrons. The first-order valence-electron chi connectivity index (χ1n) is 6.19. The van der Waals surface area contributed by atoms with Crippen molar-refractivity contribution in [2.24, 2.45) is 7.05 Å². The van der Waals surface area contributed by atoms with E-state index in [0.717, 1.165) is 28.8 Å². The van der Waals surface area contributed by atoms with Crippen molar-refractivity contribution in [3.8, 4) is 0 Å². The predicted octanol–water partition coefficient (Wildman–Crippen LogP) is 2.38. The molecule has 5 heteroatoms. The molecular formula is C14H14BrN3O. The first-order valence-corrected chi connectivity index (χ1v) is 6.99. The standard InChI is InChI=1S/C14H14BrN3O/c1-17-7-2-3-13(17)14(19)18-8-5-10-11(15)4-6-16-12(10)9-18/h2-4,6-7H,5,8-9H2,1H3. The molecule has 0 N–H and O–H groups in total. The summed E-state index contributed by atoms with van der Waals surface area (Å²) < 4.78 is 2.94. The van der Waals surface area contributed by atoms with Crippen LogP contribution in [0.1, 0.15) is 21.7 Å². The Morgan fingerprint density at radius 2 is 2.26 bits per heavy atom. The Morgan fingerprint density at radius 3 is 3.00 bits per heavy atom. The summed E-state index contributed by atoms with van der Waals surface area (Å²) in [5, 5.41) is 0. The van der Waals surface area contributed by atoms with Gasteiger partial charge in [0.05, 0.1) is 12.2 Å². The summed E-state index contributed by atoms with van der Waals surface area (Å²) in [5.41, 5.74) is 2.93. The zero-order valence-corrected chi connectivity index (χ0v) is 12.2. The number of rotatable bonds is 1. The van der Waals surface area contributed by atoms with Crippen LogP contribution >= 0.6 is 15.9 Å². The number of aromatic nitrogens is 2. The smallest absolute Gasteiger partial charge is 0.270 e. The number of hydrogen-bond donors (Lipinski definition) is 0. The third-order valence-corrected chi connectivity index (χ3v) is 4.25. The second-order valence-electron chi connectivity index (χ2n) is 4.70. The van der Waals surface area contributed by atoms with Crippen molar-refractivity contribution < 1.29 is 4.79 Å². The number of carbonyl (C=O) groups excluding carboxylic acids is 1. The van der Waals surface area contributed by atoms with Crippen LogP contribution in [0.5, 0.6) is 0 Å². The highest BCUT2D eigenvalue weighted by Crippen LogP contribution is 2.25. The molecule has 98 valence electrons. The van der Waals surface area contributed by atoms with Crippen molar-refractivity contribution in [1.29, 1.82) is 0 Å². The van der Waals surface area contributed by atoms with Gasteiger partial charge in [-0.05, 0) is 30.2 Å². The van der Waals surface area contributed by atoms with Gasteiger partial charge >= 0.3 is 0 Å². The highest BCUT2D eigenvalue weighted by molar-refractivity contribution is 9.10. The van der Waals surface area contributed by atoms with Gasteiger partial charge in [-0.25, -0.2) is 0 Å². The van der Waals surface area contributed by atoms with Gasteiger partial charge in [-0.3, -0.25) is 9.78 Å². The van der Waals surface area contributed by atoms with Crippen LogP contribution in [0, 0.1) is 0 Å². The maximum absolute atomic E-state index is 12.4. The van der Waals surface area contributed by atoms with E-state index in [2.05, 4.69) is 20.9 Å². The van der Waals surface area contributed by atoms with Gasteiger partial charge in [-0.1, -0.05) is 15.9 Å². The Morgan fingerprint density at radius 1 is 1.42 bits per heavy atom. The van der Waals surface area contributed by atoms with Crippen molar-refractivity contribution in [2.45, 2.75) is 13.0 Å². The minimum Gasteiger partial charge on any atom is -0.347 e. The van der Waals surface area contributed by atoms with Gasteiger partial charge in [0.1, 0.15) is 5.69 Å². The molecular weight excluding hydrogens is 306 g/mol. The summed E-state index contributed by atoms with van der Waals surface area (Å²) in [5.74, 6) is 0.0694. The Balaban J connectivity index is 1.87. The molecule has 3 rings (SSSR count). The predicted molar refractivity (Wildman–Crippen MR) is 75.8 cm³/mol.